The number of carbonyl (C=O) groups is 1. The molecule has 3 nitrogen and oxygen atoms in total. The van der Waals surface area contributed by atoms with E-state index in [-0.39, 0.29) is 5.97 Å². The molecule has 0 spiro atoms. The van der Waals surface area contributed by atoms with Crippen LogP contribution in [0.4, 0.5) is 5.69 Å². The van der Waals surface area contributed by atoms with E-state index in [4.69, 9.17) is 0 Å². The largest absolute Gasteiger partial charge is 0.465 e. The van der Waals surface area contributed by atoms with Crippen LogP contribution in [0.1, 0.15) is 30.1 Å². The first-order valence-electron chi connectivity index (χ1n) is 5.64. The Morgan fingerprint density at radius 2 is 2.19 bits per heavy atom. The van der Waals surface area contributed by atoms with Gasteiger partial charge in [-0.1, -0.05) is 13.0 Å². The van der Waals surface area contributed by atoms with Crippen LogP contribution in [0.15, 0.2) is 24.3 Å². The van der Waals surface area contributed by atoms with Gasteiger partial charge >= 0.3 is 5.97 Å². The third-order valence-electron chi connectivity index (χ3n) is 3.03. The Morgan fingerprint density at radius 1 is 1.44 bits per heavy atom. The minimum absolute atomic E-state index is 0.286. The van der Waals surface area contributed by atoms with E-state index in [2.05, 4.69) is 17.0 Å². The summed E-state index contributed by atoms with van der Waals surface area (Å²) in [5.41, 5.74) is 1.60. The third kappa shape index (κ3) is 2.35. The maximum absolute atomic E-state index is 11.3. The highest BCUT2D eigenvalue weighted by molar-refractivity contribution is 5.90. The Kier molecular flexibility index (Phi) is 3.13. The first kappa shape index (κ1) is 11.0. The molecule has 1 aliphatic carbocycles. The van der Waals surface area contributed by atoms with Crippen molar-refractivity contribution >= 4 is 11.7 Å². The standard InChI is InChI=1S/C13H17NO2/c1-9-6-12(7-9)14-11-5-3-4-10(8-11)13(15)16-2/h3-5,8-9,12,14H,6-7H2,1-2H3. The molecule has 1 aromatic rings. The maximum atomic E-state index is 11.3. The molecule has 0 radical (unpaired) electrons. The van der Waals surface area contributed by atoms with Crippen LogP contribution in [0, 0.1) is 5.92 Å². The lowest BCUT2D eigenvalue weighted by Gasteiger charge is -2.34. The van der Waals surface area contributed by atoms with Gasteiger partial charge in [-0.3, -0.25) is 0 Å². The lowest BCUT2D eigenvalue weighted by atomic mass is 9.82. The van der Waals surface area contributed by atoms with Gasteiger partial charge in [0.05, 0.1) is 12.7 Å². The molecule has 2 rings (SSSR count). The Morgan fingerprint density at radius 3 is 2.81 bits per heavy atom. The molecule has 0 atom stereocenters. The zero-order chi connectivity index (χ0) is 11.5. The van der Waals surface area contributed by atoms with Crippen LogP contribution < -0.4 is 5.32 Å². The van der Waals surface area contributed by atoms with E-state index in [1.165, 1.54) is 20.0 Å². The Balaban J connectivity index is 2.02. The van der Waals surface area contributed by atoms with Crippen molar-refractivity contribution in [2.45, 2.75) is 25.8 Å². The fourth-order valence-electron chi connectivity index (χ4n) is 2.11. The number of benzene rings is 1. The SMILES string of the molecule is COC(=O)c1cccc(NC2CC(C)C2)c1. The van der Waals surface area contributed by atoms with Crippen molar-refractivity contribution in [3.8, 4) is 0 Å². The zero-order valence-corrected chi connectivity index (χ0v) is 9.69. The number of esters is 1. The predicted molar refractivity (Wildman–Crippen MR) is 63.6 cm³/mol. The van der Waals surface area contributed by atoms with Gasteiger partial charge in [0.25, 0.3) is 0 Å². The van der Waals surface area contributed by atoms with Crippen LogP contribution >= 0.6 is 0 Å². The van der Waals surface area contributed by atoms with Crippen molar-refractivity contribution in [2.24, 2.45) is 5.92 Å². The molecule has 0 amide bonds. The van der Waals surface area contributed by atoms with Crippen molar-refractivity contribution in [3.05, 3.63) is 29.8 Å². The van der Waals surface area contributed by atoms with Gasteiger partial charge in [-0.25, -0.2) is 4.79 Å². The summed E-state index contributed by atoms with van der Waals surface area (Å²) in [7, 11) is 1.40. The Bertz CT molecular complexity index is 383. The van der Waals surface area contributed by atoms with E-state index in [0.717, 1.165) is 11.6 Å². The molecule has 1 N–H and O–H groups in total. The van der Waals surface area contributed by atoms with Crippen LogP contribution in [0.2, 0.25) is 0 Å². The number of ether oxygens (including phenoxy) is 1. The van der Waals surface area contributed by atoms with Gasteiger partial charge in [0, 0.05) is 11.7 Å². The second kappa shape index (κ2) is 4.56. The molecule has 0 bridgehead atoms. The fraction of sp³-hybridized carbons (Fsp3) is 0.462. The number of rotatable bonds is 3. The smallest absolute Gasteiger partial charge is 0.337 e. The summed E-state index contributed by atoms with van der Waals surface area (Å²) < 4.78 is 4.69. The van der Waals surface area contributed by atoms with Gasteiger partial charge < -0.3 is 10.1 Å². The number of hydrogen-bond acceptors (Lipinski definition) is 3. The average molecular weight is 219 g/mol. The second-order valence-electron chi connectivity index (χ2n) is 4.49. The van der Waals surface area contributed by atoms with Crippen LogP contribution in [0.25, 0.3) is 0 Å². The zero-order valence-electron chi connectivity index (χ0n) is 9.69. The summed E-state index contributed by atoms with van der Waals surface area (Å²) in [6, 6.07) is 8.02. The summed E-state index contributed by atoms with van der Waals surface area (Å²) in [6.07, 6.45) is 2.42. The van der Waals surface area contributed by atoms with Crippen molar-refractivity contribution in [3.63, 3.8) is 0 Å². The summed E-state index contributed by atoms with van der Waals surface area (Å²) in [5, 5.41) is 3.42. The highest BCUT2D eigenvalue weighted by Crippen LogP contribution is 2.29. The Hall–Kier alpha value is -1.51. The van der Waals surface area contributed by atoms with E-state index in [1.54, 1.807) is 6.07 Å². The molecule has 1 aromatic carbocycles. The minimum atomic E-state index is -0.286. The number of hydrogen-bond donors (Lipinski definition) is 1. The number of anilines is 1. The Labute approximate surface area is 95.8 Å². The highest BCUT2D eigenvalue weighted by Gasteiger charge is 2.24. The first-order chi connectivity index (χ1) is 7.69. The molecule has 3 heteroatoms. The van der Waals surface area contributed by atoms with Crippen molar-refractivity contribution in [2.75, 3.05) is 12.4 Å². The molecule has 1 aliphatic rings. The molecular formula is C13H17NO2. The lowest BCUT2D eigenvalue weighted by Crippen LogP contribution is -2.33. The molecule has 0 aromatic heterocycles. The number of methoxy groups -OCH3 is 1. The lowest BCUT2D eigenvalue weighted by molar-refractivity contribution is 0.0601. The van der Waals surface area contributed by atoms with Gasteiger partial charge in [-0.15, -0.1) is 0 Å². The van der Waals surface area contributed by atoms with Crippen LogP contribution in [-0.4, -0.2) is 19.1 Å². The normalized spacial score (nSPS) is 23.4. The minimum Gasteiger partial charge on any atom is -0.465 e. The van der Waals surface area contributed by atoms with E-state index < -0.39 is 0 Å². The summed E-state index contributed by atoms with van der Waals surface area (Å²) >= 11 is 0. The predicted octanol–water partition coefficient (Wildman–Crippen LogP) is 2.68. The molecule has 0 unspecified atom stereocenters. The van der Waals surface area contributed by atoms with E-state index in [1.807, 2.05) is 18.2 Å². The maximum Gasteiger partial charge on any atom is 0.337 e. The molecule has 86 valence electrons. The topological polar surface area (TPSA) is 38.3 Å². The number of carbonyl (C=O) groups excluding carboxylic acids is 1. The van der Waals surface area contributed by atoms with E-state index in [9.17, 15) is 4.79 Å². The first-order valence-corrected chi connectivity index (χ1v) is 5.64. The van der Waals surface area contributed by atoms with Crippen LogP contribution in [0.5, 0.6) is 0 Å². The highest BCUT2D eigenvalue weighted by atomic mass is 16.5. The van der Waals surface area contributed by atoms with Crippen LogP contribution in [-0.2, 0) is 4.74 Å². The molecule has 0 aliphatic heterocycles. The fourth-order valence-corrected chi connectivity index (χ4v) is 2.11. The monoisotopic (exact) mass is 219 g/mol. The quantitative estimate of drug-likeness (QED) is 0.794. The molecule has 16 heavy (non-hydrogen) atoms. The van der Waals surface area contributed by atoms with Crippen molar-refractivity contribution in [1.29, 1.82) is 0 Å². The third-order valence-corrected chi connectivity index (χ3v) is 3.03. The second-order valence-corrected chi connectivity index (χ2v) is 4.49. The number of nitrogens with one attached hydrogen (secondary N) is 1. The van der Waals surface area contributed by atoms with Gasteiger partial charge in [0.15, 0.2) is 0 Å². The average Bonchev–Trinajstić information content (AvgIpc) is 2.26. The van der Waals surface area contributed by atoms with Gasteiger partial charge in [0.2, 0.25) is 0 Å². The molecule has 0 saturated heterocycles. The summed E-state index contributed by atoms with van der Waals surface area (Å²) in [6.45, 7) is 2.25. The molecular weight excluding hydrogens is 202 g/mol. The van der Waals surface area contributed by atoms with E-state index >= 15 is 0 Å². The van der Waals surface area contributed by atoms with Gasteiger partial charge in [0.1, 0.15) is 0 Å². The van der Waals surface area contributed by atoms with Crippen molar-refractivity contribution < 1.29 is 9.53 Å². The molecule has 1 fully saturated rings. The summed E-state index contributed by atoms with van der Waals surface area (Å²) in [5.74, 6) is 0.534. The van der Waals surface area contributed by atoms with Crippen molar-refractivity contribution in [1.82, 2.24) is 0 Å². The molecule has 0 heterocycles. The molecule has 1 saturated carbocycles. The van der Waals surface area contributed by atoms with E-state index in [0.29, 0.717) is 11.6 Å². The van der Waals surface area contributed by atoms with Crippen LogP contribution in [0.3, 0.4) is 0 Å². The van der Waals surface area contributed by atoms with Gasteiger partial charge in [-0.2, -0.15) is 0 Å². The summed E-state index contributed by atoms with van der Waals surface area (Å²) in [4.78, 5) is 11.3. The van der Waals surface area contributed by atoms with Gasteiger partial charge in [-0.05, 0) is 37.0 Å².